The number of nitrogens with one attached hydrogen (secondary N) is 2. The molecule has 3 rings (SSSR count). The van der Waals surface area contributed by atoms with E-state index in [-0.39, 0.29) is 11.9 Å². The van der Waals surface area contributed by atoms with Crippen molar-refractivity contribution in [1.29, 1.82) is 0 Å². The first-order valence-electron chi connectivity index (χ1n) is 7.13. The minimum absolute atomic E-state index is 0.0516. The van der Waals surface area contributed by atoms with E-state index in [4.69, 9.17) is 0 Å². The molecule has 0 radical (unpaired) electrons. The van der Waals surface area contributed by atoms with E-state index in [1.807, 2.05) is 30.7 Å². The summed E-state index contributed by atoms with van der Waals surface area (Å²) in [5.74, 6) is 0.694. The van der Waals surface area contributed by atoms with Crippen LogP contribution in [0, 0.1) is 0 Å². The van der Waals surface area contributed by atoms with Gasteiger partial charge in [0.1, 0.15) is 6.33 Å². The Balaban J connectivity index is 1.81. The third-order valence-electron chi connectivity index (χ3n) is 3.87. The van der Waals surface area contributed by atoms with Crippen molar-refractivity contribution in [2.75, 3.05) is 6.54 Å². The fourth-order valence-electron chi connectivity index (χ4n) is 2.77. The van der Waals surface area contributed by atoms with Crippen LogP contribution in [0.15, 0.2) is 24.5 Å². The van der Waals surface area contributed by atoms with E-state index >= 15 is 0 Å². The lowest BCUT2D eigenvalue weighted by Crippen LogP contribution is -2.31. The second-order valence-electron chi connectivity index (χ2n) is 5.37. The molecule has 0 saturated heterocycles. The van der Waals surface area contributed by atoms with Gasteiger partial charge in [-0.2, -0.15) is 0 Å². The summed E-state index contributed by atoms with van der Waals surface area (Å²) in [4.78, 5) is 12.5. The predicted octanol–water partition coefficient (Wildman–Crippen LogP) is 0.952. The number of rotatable bonds is 3. The highest BCUT2D eigenvalue weighted by Crippen LogP contribution is 2.19. The first-order chi connectivity index (χ1) is 10.2. The van der Waals surface area contributed by atoms with Crippen LogP contribution in [-0.2, 0) is 20.0 Å². The maximum atomic E-state index is 12.5. The fraction of sp³-hybridized carbons (Fsp3) is 0.400. The molecule has 0 fully saturated rings. The van der Waals surface area contributed by atoms with Gasteiger partial charge in [-0.25, -0.2) is 0 Å². The average Bonchev–Trinajstić information content (AvgIpc) is 2.92. The molecular weight excluding hydrogens is 266 g/mol. The molecule has 0 saturated carbocycles. The standard InChI is InChI=1S/C15H19N5O/c1-10(14-19-17-9-20(14)2)18-15(21)13-5-3-4-11-8-16-7-6-12(11)13/h3-5,9-10,16H,6-8H2,1-2H3,(H,18,21). The molecule has 1 unspecified atom stereocenters. The van der Waals surface area contributed by atoms with Crippen molar-refractivity contribution in [3.05, 3.63) is 47.0 Å². The lowest BCUT2D eigenvalue weighted by atomic mass is 9.95. The van der Waals surface area contributed by atoms with Crippen LogP contribution in [0.5, 0.6) is 0 Å². The van der Waals surface area contributed by atoms with Gasteiger partial charge in [-0.1, -0.05) is 12.1 Å². The second kappa shape index (κ2) is 5.65. The summed E-state index contributed by atoms with van der Waals surface area (Å²) in [5.41, 5.74) is 3.13. The molecule has 2 heterocycles. The lowest BCUT2D eigenvalue weighted by molar-refractivity contribution is 0.0936. The van der Waals surface area contributed by atoms with Crippen LogP contribution in [0.2, 0.25) is 0 Å². The van der Waals surface area contributed by atoms with Crippen LogP contribution < -0.4 is 10.6 Å². The van der Waals surface area contributed by atoms with Crippen LogP contribution in [-0.4, -0.2) is 27.2 Å². The Labute approximate surface area is 123 Å². The van der Waals surface area contributed by atoms with Gasteiger partial charge in [-0.15, -0.1) is 10.2 Å². The SMILES string of the molecule is CC(NC(=O)c1cccc2c1CCNC2)c1nncn1C. The third-order valence-corrected chi connectivity index (χ3v) is 3.87. The molecule has 0 bridgehead atoms. The molecule has 2 N–H and O–H groups in total. The Morgan fingerprint density at radius 1 is 1.48 bits per heavy atom. The highest BCUT2D eigenvalue weighted by atomic mass is 16.1. The van der Waals surface area contributed by atoms with Crippen molar-refractivity contribution in [1.82, 2.24) is 25.4 Å². The topological polar surface area (TPSA) is 71.8 Å². The number of carbonyl (C=O) groups is 1. The second-order valence-corrected chi connectivity index (χ2v) is 5.37. The largest absolute Gasteiger partial charge is 0.342 e. The monoisotopic (exact) mass is 285 g/mol. The normalized spacial score (nSPS) is 15.3. The molecule has 110 valence electrons. The summed E-state index contributed by atoms with van der Waals surface area (Å²) in [7, 11) is 1.87. The summed E-state index contributed by atoms with van der Waals surface area (Å²) < 4.78 is 1.81. The first kappa shape index (κ1) is 13.8. The van der Waals surface area contributed by atoms with Crippen LogP contribution in [0.3, 0.4) is 0 Å². The molecule has 0 spiro atoms. The molecular formula is C15H19N5O. The first-order valence-corrected chi connectivity index (χ1v) is 7.13. The minimum atomic E-state index is -0.178. The molecule has 6 nitrogen and oxygen atoms in total. The van der Waals surface area contributed by atoms with E-state index in [0.717, 1.165) is 36.5 Å². The number of carbonyl (C=O) groups excluding carboxylic acids is 1. The molecule has 1 aliphatic rings. The highest BCUT2D eigenvalue weighted by molar-refractivity contribution is 5.96. The van der Waals surface area contributed by atoms with Gasteiger partial charge in [-0.3, -0.25) is 4.79 Å². The van der Waals surface area contributed by atoms with Crippen LogP contribution >= 0.6 is 0 Å². The van der Waals surface area contributed by atoms with E-state index < -0.39 is 0 Å². The van der Waals surface area contributed by atoms with Crippen molar-refractivity contribution < 1.29 is 4.79 Å². The van der Waals surface area contributed by atoms with Crippen molar-refractivity contribution in [3.63, 3.8) is 0 Å². The number of aryl methyl sites for hydroxylation is 1. The Morgan fingerprint density at radius 3 is 3.10 bits per heavy atom. The number of fused-ring (bicyclic) bond motifs is 1. The van der Waals surface area contributed by atoms with Crippen LogP contribution in [0.4, 0.5) is 0 Å². The summed E-state index contributed by atoms with van der Waals surface area (Å²) in [6, 6.07) is 5.73. The smallest absolute Gasteiger partial charge is 0.252 e. The van der Waals surface area contributed by atoms with Gasteiger partial charge < -0.3 is 15.2 Å². The number of benzene rings is 1. The Morgan fingerprint density at radius 2 is 2.33 bits per heavy atom. The number of aromatic nitrogens is 3. The van der Waals surface area contributed by atoms with E-state index in [0.29, 0.717) is 0 Å². The molecule has 6 heteroatoms. The molecule has 1 aliphatic heterocycles. The van der Waals surface area contributed by atoms with Gasteiger partial charge >= 0.3 is 0 Å². The van der Waals surface area contributed by atoms with Gasteiger partial charge in [0.05, 0.1) is 6.04 Å². The average molecular weight is 285 g/mol. The zero-order valence-electron chi connectivity index (χ0n) is 12.3. The number of nitrogens with zero attached hydrogens (tertiary/aromatic N) is 3. The van der Waals surface area contributed by atoms with Gasteiger partial charge in [0.25, 0.3) is 5.91 Å². The van der Waals surface area contributed by atoms with E-state index in [9.17, 15) is 4.79 Å². The lowest BCUT2D eigenvalue weighted by Gasteiger charge is -2.21. The van der Waals surface area contributed by atoms with Crippen LogP contribution in [0.25, 0.3) is 0 Å². The fourth-order valence-corrected chi connectivity index (χ4v) is 2.77. The van der Waals surface area contributed by atoms with Crippen LogP contribution in [0.1, 0.15) is 40.3 Å². The zero-order valence-corrected chi connectivity index (χ0v) is 12.3. The van der Waals surface area contributed by atoms with Gasteiger partial charge in [0.2, 0.25) is 0 Å². The summed E-state index contributed by atoms with van der Waals surface area (Å²) >= 11 is 0. The number of hydrogen-bond acceptors (Lipinski definition) is 4. The van der Waals surface area contributed by atoms with Crippen molar-refractivity contribution in [2.45, 2.75) is 25.9 Å². The Kier molecular flexibility index (Phi) is 3.70. The third kappa shape index (κ3) is 2.67. The van der Waals surface area contributed by atoms with E-state index in [2.05, 4.69) is 26.9 Å². The highest BCUT2D eigenvalue weighted by Gasteiger charge is 2.20. The quantitative estimate of drug-likeness (QED) is 0.881. The van der Waals surface area contributed by atoms with Gasteiger partial charge in [-0.05, 0) is 37.1 Å². The molecule has 1 aromatic heterocycles. The van der Waals surface area contributed by atoms with Gasteiger partial charge in [0, 0.05) is 19.2 Å². The molecule has 21 heavy (non-hydrogen) atoms. The Hall–Kier alpha value is -2.21. The maximum absolute atomic E-state index is 12.5. The molecule has 0 aliphatic carbocycles. The summed E-state index contributed by atoms with van der Waals surface area (Å²) in [6.45, 7) is 3.66. The molecule has 1 amide bonds. The number of hydrogen-bond donors (Lipinski definition) is 2. The van der Waals surface area contributed by atoms with Crippen molar-refractivity contribution in [2.24, 2.45) is 7.05 Å². The zero-order chi connectivity index (χ0) is 14.8. The Bertz CT molecular complexity index is 664. The van der Waals surface area contributed by atoms with Crippen molar-refractivity contribution in [3.8, 4) is 0 Å². The summed E-state index contributed by atoms with van der Waals surface area (Å²) in [6.07, 6.45) is 2.52. The molecule has 2 aromatic rings. The molecule has 1 aromatic carbocycles. The number of amides is 1. The predicted molar refractivity (Wildman–Crippen MR) is 78.7 cm³/mol. The minimum Gasteiger partial charge on any atom is -0.342 e. The van der Waals surface area contributed by atoms with Gasteiger partial charge in [0.15, 0.2) is 5.82 Å². The van der Waals surface area contributed by atoms with E-state index in [1.54, 1.807) is 6.33 Å². The maximum Gasteiger partial charge on any atom is 0.252 e. The van der Waals surface area contributed by atoms with Crippen molar-refractivity contribution >= 4 is 5.91 Å². The molecule has 1 atom stereocenters. The summed E-state index contributed by atoms with van der Waals surface area (Å²) in [5, 5.41) is 14.2. The van der Waals surface area contributed by atoms with E-state index in [1.165, 1.54) is 5.56 Å².